The highest BCUT2D eigenvalue weighted by atomic mass is 16.5. The molecule has 2 atom stereocenters. The molecule has 0 aromatic carbocycles. The number of aliphatic imine (C=N–C) groups is 1. The molecule has 4 heteroatoms. The average Bonchev–Trinajstić information content (AvgIpc) is 3.10. The second kappa shape index (κ2) is 6.24. The summed E-state index contributed by atoms with van der Waals surface area (Å²) >= 11 is 0. The van der Waals surface area contributed by atoms with Crippen LogP contribution in [0.25, 0.3) is 0 Å². The number of ether oxygens (including phenoxy) is 1. The Kier molecular flexibility index (Phi) is 4.66. The van der Waals surface area contributed by atoms with Gasteiger partial charge in [0.05, 0.1) is 19.3 Å². The Morgan fingerprint density at radius 1 is 1.29 bits per heavy atom. The van der Waals surface area contributed by atoms with Crippen LogP contribution in [0.3, 0.4) is 0 Å². The fraction of sp³-hybridized carbons (Fsp3) is 0.923. The minimum atomic E-state index is 0.441. The van der Waals surface area contributed by atoms with Gasteiger partial charge in [-0.3, -0.25) is 4.99 Å². The molecule has 2 aliphatic rings. The van der Waals surface area contributed by atoms with Gasteiger partial charge < -0.3 is 15.8 Å². The summed E-state index contributed by atoms with van der Waals surface area (Å²) in [5.41, 5.74) is 5.74. The number of nitrogens with two attached hydrogens (primary N) is 1. The summed E-state index contributed by atoms with van der Waals surface area (Å²) in [6, 6.07) is 0.582. The third kappa shape index (κ3) is 4.54. The lowest BCUT2D eigenvalue weighted by Crippen LogP contribution is -2.34. The molecule has 2 aliphatic carbocycles. The van der Waals surface area contributed by atoms with Gasteiger partial charge >= 0.3 is 0 Å². The molecular formula is C13H25N3O. The minimum absolute atomic E-state index is 0.441. The fourth-order valence-electron chi connectivity index (χ4n) is 2.38. The summed E-state index contributed by atoms with van der Waals surface area (Å²) < 4.78 is 5.88. The van der Waals surface area contributed by atoms with E-state index >= 15 is 0 Å². The minimum Gasteiger partial charge on any atom is -0.376 e. The van der Waals surface area contributed by atoms with Gasteiger partial charge in [-0.2, -0.15) is 0 Å². The Morgan fingerprint density at radius 3 is 2.76 bits per heavy atom. The van der Waals surface area contributed by atoms with Gasteiger partial charge in [-0.15, -0.1) is 0 Å². The SMILES string of the molecule is CC1CCCCC1OCCN=C(N)NC1CC1. The van der Waals surface area contributed by atoms with Crippen molar-refractivity contribution >= 4 is 5.96 Å². The molecule has 98 valence electrons. The molecule has 0 bridgehead atoms. The molecule has 0 amide bonds. The summed E-state index contributed by atoms with van der Waals surface area (Å²) in [5.74, 6) is 1.28. The van der Waals surface area contributed by atoms with Crippen LogP contribution < -0.4 is 11.1 Å². The Hall–Kier alpha value is -0.770. The van der Waals surface area contributed by atoms with Crippen molar-refractivity contribution in [3.05, 3.63) is 0 Å². The number of nitrogens with zero attached hydrogens (tertiary/aromatic N) is 1. The Labute approximate surface area is 104 Å². The molecule has 0 aromatic rings. The first-order valence-corrected chi connectivity index (χ1v) is 6.94. The van der Waals surface area contributed by atoms with E-state index in [-0.39, 0.29) is 0 Å². The van der Waals surface area contributed by atoms with Crippen LogP contribution in [0.5, 0.6) is 0 Å². The van der Waals surface area contributed by atoms with E-state index in [2.05, 4.69) is 17.2 Å². The predicted molar refractivity (Wildman–Crippen MR) is 70.0 cm³/mol. The molecule has 0 radical (unpaired) electrons. The molecule has 2 fully saturated rings. The van der Waals surface area contributed by atoms with E-state index in [1.807, 2.05) is 0 Å². The van der Waals surface area contributed by atoms with Crippen LogP contribution in [-0.4, -0.2) is 31.3 Å². The Bertz CT molecular complexity index is 263. The van der Waals surface area contributed by atoms with Gasteiger partial charge in [-0.25, -0.2) is 0 Å². The van der Waals surface area contributed by atoms with Gasteiger partial charge in [0.15, 0.2) is 5.96 Å². The van der Waals surface area contributed by atoms with Crippen LogP contribution >= 0.6 is 0 Å². The number of guanidine groups is 1. The van der Waals surface area contributed by atoms with Crippen molar-refractivity contribution in [2.45, 2.75) is 57.6 Å². The second-order valence-corrected chi connectivity index (χ2v) is 5.36. The summed E-state index contributed by atoms with van der Waals surface area (Å²) in [6.07, 6.45) is 8.08. The summed E-state index contributed by atoms with van der Waals surface area (Å²) in [6.45, 7) is 3.66. The van der Waals surface area contributed by atoms with E-state index in [0.29, 0.717) is 37.2 Å². The van der Waals surface area contributed by atoms with Crippen LogP contribution in [-0.2, 0) is 4.74 Å². The van der Waals surface area contributed by atoms with Gasteiger partial charge in [0.1, 0.15) is 0 Å². The zero-order valence-electron chi connectivity index (χ0n) is 10.8. The predicted octanol–water partition coefficient (Wildman–Crippen LogP) is 1.65. The fourth-order valence-corrected chi connectivity index (χ4v) is 2.38. The molecule has 0 saturated heterocycles. The molecule has 0 spiro atoms. The number of nitrogens with one attached hydrogen (secondary N) is 1. The second-order valence-electron chi connectivity index (χ2n) is 5.36. The first kappa shape index (κ1) is 12.7. The molecule has 3 N–H and O–H groups in total. The number of hydrogen-bond acceptors (Lipinski definition) is 2. The van der Waals surface area contributed by atoms with Crippen LogP contribution in [0.2, 0.25) is 0 Å². The van der Waals surface area contributed by atoms with Crippen molar-refractivity contribution in [2.75, 3.05) is 13.2 Å². The van der Waals surface area contributed by atoms with E-state index in [4.69, 9.17) is 10.5 Å². The van der Waals surface area contributed by atoms with Gasteiger partial charge in [0, 0.05) is 6.04 Å². The summed E-state index contributed by atoms with van der Waals surface area (Å²) in [7, 11) is 0. The topological polar surface area (TPSA) is 59.6 Å². The largest absolute Gasteiger partial charge is 0.376 e. The lowest BCUT2D eigenvalue weighted by molar-refractivity contribution is -0.000655. The van der Waals surface area contributed by atoms with Gasteiger partial charge in [0.2, 0.25) is 0 Å². The molecule has 2 saturated carbocycles. The number of rotatable bonds is 5. The Balaban J connectivity index is 1.58. The van der Waals surface area contributed by atoms with E-state index in [1.54, 1.807) is 0 Å². The maximum atomic E-state index is 5.88. The van der Waals surface area contributed by atoms with Crippen molar-refractivity contribution in [3.8, 4) is 0 Å². The van der Waals surface area contributed by atoms with Gasteiger partial charge in [0.25, 0.3) is 0 Å². The highest BCUT2D eigenvalue weighted by molar-refractivity contribution is 5.78. The quantitative estimate of drug-likeness (QED) is 0.436. The van der Waals surface area contributed by atoms with Gasteiger partial charge in [-0.1, -0.05) is 19.8 Å². The molecule has 17 heavy (non-hydrogen) atoms. The first-order valence-electron chi connectivity index (χ1n) is 6.94. The zero-order valence-corrected chi connectivity index (χ0v) is 10.8. The van der Waals surface area contributed by atoms with Crippen molar-refractivity contribution in [2.24, 2.45) is 16.6 Å². The summed E-state index contributed by atoms with van der Waals surface area (Å²) in [5, 5.41) is 3.17. The standard InChI is InChI=1S/C13H25N3O/c1-10-4-2-3-5-12(10)17-9-8-15-13(14)16-11-6-7-11/h10-12H,2-9H2,1H3,(H3,14,15,16). The first-order chi connectivity index (χ1) is 8.25. The van der Waals surface area contributed by atoms with Crippen molar-refractivity contribution in [1.82, 2.24) is 5.32 Å². The van der Waals surface area contributed by atoms with Gasteiger partial charge in [-0.05, 0) is 31.6 Å². The average molecular weight is 239 g/mol. The normalized spacial score (nSPS) is 30.3. The number of hydrogen-bond donors (Lipinski definition) is 2. The lowest BCUT2D eigenvalue weighted by Gasteiger charge is -2.28. The maximum Gasteiger partial charge on any atom is 0.188 e. The molecule has 2 rings (SSSR count). The van der Waals surface area contributed by atoms with Crippen molar-refractivity contribution in [3.63, 3.8) is 0 Å². The molecule has 2 unspecified atom stereocenters. The Morgan fingerprint density at radius 2 is 2.06 bits per heavy atom. The lowest BCUT2D eigenvalue weighted by atomic mass is 9.88. The molecular weight excluding hydrogens is 214 g/mol. The molecule has 0 aromatic heterocycles. The zero-order chi connectivity index (χ0) is 12.1. The van der Waals surface area contributed by atoms with Crippen molar-refractivity contribution < 1.29 is 4.74 Å². The van der Waals surface area contributed by atoms with E-state index < -0.39 is 0 Å². The smallest absolute Gasteiger partial charge is 0.188 e. The van der Waals surface area contributed by atoms with E-state index in [1.165, 1.54) is 38.5 Å². The summed E-state index contributed by atoms with van der Waals surface area (Å²) in [4.78, 5) is 4.27. The third-order valence-electron chi connectivity index (χ3n) is 3.67. The van der Waals surface area contributed by atoms with Crippen molar-refractivity contribution in [1.29, 1.82) is 0 Å². The van der Waals surface area contributed by atoms with Crippen LogP contribution in [0.15, 0.2) is 4.99 Å². The molecule has 0 heterocycles. The van der Waals surface area contributed by atoms with Crippen LogP contribution in [0.1, 0.15) is 45.4 Å². The third-order valence-corrected chi connectivity index (χ3v) is 3.67. The van der Waals surface area contributed by atoms with Crippen LogP contribution in [0, 0.1) is 5.92 Å². The molecule has 4 nitrogen and oxygen atoms in total. The van der Waals surface area contributed by atoms with E-state index in [0.717, 1.165) is 0 Å². The monoisotopic (exact) mass is 239 g/mol. The van der Waals surface area contributed by atoms with Crippen LogP contribution in [0.4, 0.5) is 0 Å². The van der Waals surface area contributed by atoms with E-state index in [9.17, 15) is 0 Å². The molecule has 0 aliphatic heterocycles. The highest BCUT2D eigenvalue weighted by Gasteiger charge is 2.22. The highest BCUT2D eigenvalue weighted by Crippen LogP contribution is 2.26. The maximum absolute atomic E-state index is 5.88.